The topological polar surface area (TPSA) is 51.8 Å². The maximum Gasteiger partial charge on any atom is 0.163 e. The quantitative estimate of drug-likeness (QED) is 0.155. The molecule has 10 aromatic rings. The van der Waals surface area contributed by atoms with Crippen LogP contribution in [0.4, 0.5) is 0 Å². The van der Waals surface area contributed by atoms with Crippen LogP contribution in [0.3, 0.4) is 0 Å². The van der Waals surface area contributed by atoms with Crippen LogP contribution in [0.1, 0.15) is 41.8 Å². The average molecular weight is 758 g/mol. The number of para-hydroxylation sites is 1. The zero-order valence-corrected chi connectivity index (χ0v) is 32.6. The zero-order valence-electron chi connectivity index (χ0n) is 32.6. The average Bonchev–Trinajstić information content (AvgIpc) is 3.85. The van der Waals surface area contributed by atoms with Gasteiger partial charge in [-0.1, -0.05) is 183 Å². The molecule has 0 bridgehead atoms. The second-order valence-corrected chi connectivity index (χ2v) is 15.4. The van der Waals surface area contributed by atoms with Crippen molar-refractivity contribution < 1.29 is 4.42 Å². The molecule has 4 heteroatoms. The second kappa shape index (κ2) is 14.5. The van der Waals surface area contributed by atoms with Crippen LogP contribution >= 0.6 is 0 Å². The Hall–Kier alpha value is -7.43. The molecular weight excluding hydrogens is 719 g/mol. The van der Waals surface area contributed by atoms with E-state index < -0.39 is 0 Å². The third-order valence-corrected chi connectivity index (χ3v) is 11.7. The molecule has 0 saturated carbocycles. The number of furan rings is 1. The van der Waals surface area contributed by atoms with E-state index in [9.17, 15) is 0 Å². The van der Waals surface area contributed by atoms with Gasteiger partial charge >= 0.3 is 0 Å². The highest BCUT2D eigenvalue weighted by Gasteiger charge is 2.33. The lowest BCUT2D eigenvalue weighted by Gasteiger charge is -2.15. The van der Waals surface area contributed by atoms with E-state index in [0.29, 0.717) is 11.6 Å². The van der Waals surface area contributed by atoms with Crippen molar-refractivity contribution in [1.29, 1.82) is 0 Å². The fourth-order valence-electron chi connectivity index (χ4n) is 8.86. The Morgan fingerprint density at radius 1 is 0.424 bits per heavy atom. The van der Waals surface area contributed by atoms with Gasteiger partial charge in [-0.25, -0.2) is 15.0 Å². The highest BCUT2D eigenvalue weighted by atomic mass is 16.3. The number of aryl methyl sites for hydroxylation is 1. The van der Waals surface area contributed by atoms with Crippen molar-refractivity contribution in [2.45, 2.75) is 25.7 Å². The van der Waals surface area contributed by atoms with E-state index in [1.54, 1.807) is 0 Å². The van der Waals surface area contributed by atoms with Crippen molar-refractivity contribution >= 4 is 21.9 Å². The van der Waals surface area contributed by atoms with E-state index in [2.05, 4.69) is 171 Å². The van der Waals surface area contributed by atoms with Gasteiger partial charge in [-0.3, -0.25) is 0 Å². The maximum absolute atomic E-state index is 6.69. The zero-order chi connectivity index (χ0) is 39.3. The van der Waals surface area contributed by atoms with Gasteiger partial charge in [0.25, 0.3) is 0 Å². The van der Waals surface area contributed by atoms with Crippen LogP contribution in [-0.4, -0.2) is 15.0 Å². The van der Waals surface area contributed by atoms with Gasteiger partial charge < -0.3 is 4.42 Å². The van der Waals surface area contributed by atoms with E-state index in [4.69, 9.17) is 19.4 Å². The van der Waals surface area contributed by atoms with Gasteiger partial charge in [0, 0.05) is 27.5 Å². The molecule has 2 aromatic heterocycles. The SMILES string of the molecule is CCCc1cccc(-c2ccc3oc4c(-c5ccc6c(c5)-c5ccccc5C6c5nc(-c6ccccc6)nc(-c6ccc(-c7ccccc7)cc6)n5)cccc4c3c2)c1. The third kappa shape index (κ3) is 6.21. The summed E-state index contributed by atoms with van der Waals surface area (Å²) in [7, 11) is 0. The summed E-state index contributed by atoms with van der Waals surface area (Å²) in [5, 5.41) is 2.24. The lowest BCUT2D eigenvalue weighted by atomic mass is 9.93. The Kier molecular flexibility index (Phi) is 8.55. The number of hydrogen-bond donors (Lipinski definition) is 0. The molecule has 59 heavy (non-hydrogen) atoms. The van der Waals surface area contributed by atoms with Crippen LogP contribution in [-0.2, 0) is 6.42 Å². The molecule has 8 aromatic carbocycles. The minimum atomic E-state index is -0.167. The van der Waals surface area contributed by atoms with E-state index in [1.165, 1.54) is 44.5 Å². The minimum absolute atomic E-state index is 0.167. The fraction of sp³-hybridized carbons (Fsp3) is 0.0727. The molecule has 0 amide bonds. The van der Waals surface area contributed by atoms with Gasteiger partial charge in [0.2, 0.25) is 0 Å². The molecule has 0 aliphatic heterocycles. The van der Waals surface area contributed by atoms with E-state index in [1.807, 2.05) is 24.3 Å². The van der Waals surface area contributed by atoms with E-state index in [0.717, 1.165) is 68.4 Å². The first-order valence-electron chi connectivity index (χ1n) is 20.4. The summed E-state index contributed by atoms with van der Waals surface area (Å²) < 4.78 is 6.69. The number of benzene rings is 8. The number of aromatic nitrogens is 3. The molecule has 1 aliphatic rings. The molecule has 11 rings (SSSR count). The first kappa shape index (κ1) is 34.8. The van der Waals surface area contributed by atoms with Crippen molar-refractivity contribution in [2.75, 3.05) is 0 Å². The highest BCUT2D eigenvalue weighted by Crippen LogP contribution is 2.49. The van der Waals surface area contributed by atoms with Crippen LogP contribution in [0.25, 0.3) is 89.2 Å². The Labute approximate surface area is 343 Å². The van der Waals surface area contributed by atoms with Gasteiger partial charge in [-0.2, -0.15) is 0 Å². The summed E-state index contributed by atoms with van der Waals surface area (Å²) in [6.45, 7) is 2.23. The van der Waals surface area contributed by atoms with Crippen LogP contribution in [0.15, 0.2) is 192 Å². The Balaban J connectivity index is 1.01. The molecule has 2 heterocycles. The summed E-state index contributed by atoms with van der Waals surface area (Å²) >= 11 is 0. The van der Waals surface area contributed by atoms with Crippen molar-refractivity contribution in [3.63, 3.8) is 0 Å². The van der Waals surface area contributed by atoms with Crippen LogP contribution in [0, 0.1) is 0 Å². The predicted molar refractivity (Wildman–Crippen MR) is 241 cm³/mol. The first-order valence-corrected chi connectivity index (χ1v) is 20.4. The number of hydrogen-bond acceptors (Lipinski definition) is 4. The monoisotopic (exact) mass is 757 g/mol. The summed E-state index contributed by atoms with van der Waals surface area (Å²) in [6.07, 6.45) is 2.21. The normalized spacial score (nSPS) is 13.1. The minimum Gasteiger partial charge on any atom is -0.455 e. The van der Waals surface area contributed by atoms with Gasteiger partial charge in [0.05, 0.1) is 5.92 Å². The molecule has 0 spiro atoms. The van der Waals surface area contributed by atoms with Crippen LogP contribution in [0.5, 0.6) is 0 Å². The lowest BCUT2D eigenvalue weighted by Crippen LogP contribution is -2.09. The van der Waals surface area contributed by atoms with Crippen molar-refractivity contribution in [3.8, 4) is 67.3 Å². The highest BCUT2D eigenvalue weighted by molar-refractivity contribution is 6.10. The largest absolute Gasteiger partial charge is 0.455 e. The van der Waals surface area contributed by atoms with Gasteiger partial charge in [-0.15, -0.1) is 0 Å². The molecular formula is C55H39N3O. The van der Waals surface area contributed by atoms with Crippen molar-refractivity contribution in [1.82, 2.24) is 15.0 Å². The third-order valence-electron chi connectivity index (χ3n) is 11.7. The predicted octanol–water partition coefficient (Wildman–Crippen LogP) is 14.2. The molecule has 0 N–H and O–H groups in total. The first-order chi connectivity index (χ1) is 29.2. The van der Waals surface area contributed by atoms with E-state index in [-0.39, 0.29) is 5.92 Å². The number of rotatable bonds is 8. The standard InChI is InChI=1S/C55H39N3O/c1-2-13-35-14-11-19-40(32-35)41-29-31-50-49(33-41)47-23-12-22-43(52(47)59-50)42-28-30-46-48(34-42)44-20-9-10-21-45(44)51(46)55-57-53(38-17-7-4-8-18-38)56-54(58-55)39-26-24-37(25-27-39)36-15-5-3-6-16-36/h3-12,14-34,51H,2,13H2,1H3. The van der Waals surface area contributed by atoms with Crippen molar-refractivity contribution in [3.05, 3.63) is 211 Å². The van der Waals surface area contributed by atoms with Gasteiger partial charge in [0.15, 0.2) is 11.6 Å². The number of nitrogens with zero attached hydrogens (tertiary/aromatic N) is 3. The van der Waals surface area contributed by atoms with Crippen LogP contribution in [0.2, 0.25) is 0 Å². The molecule has 280 valence electrons. The Morgan fingerprint density at radius 2 is 1.02 bits per heavy atom. The maximum atomic E-state index is 6.69. The van der Waals surface area contributed by atoms with Gasteiger partial charge in [-0.05, 0) is 80.3 Å². The molecule has 1 aliphatic carbocycles. The molecule has 4 nitrogen and oxygen atoms in total. The van der Waals surface area contributed by atoms with Crippen molar-refractivity contribution in [2.24, 2.45) is 0 Å². The van der Waals surface area contributed by atoms with Crippen LogP contribution < -0.4 is 0 Å². The molecule has 0 saturated heterocycles. The summed E-state index contributed by atoms with van der Waals surface area (Å²) in [6, 6.07) is 66.6. The second-order valence-electron chi connectivity index (χ2n) is 15.4. The molecule has 0 fully saturated rings. The molecule has 1 atom stereocenters. The van der Waals surface area contributed by atoms with Gasteiger partial charge in [0.1, 0.15) is 17.0 Å². The Morgan fingerprint density at radius 3 is 1.81 bits per heavy atom. The summed E-state index contributed by atoms with van der Waals surface area (Å²) in [5.41, 5.74) is 16.7. The van der Waals surface area contributed by atoms with E-state index >= 15 is 0 Å². The lowest BCUT2D eigenvalue weighted by molar-refractivity contribution is 0.670. The molecule has 1 unspecified atom stereocenters. The Bertz CT molecular complexity index is 3170. The fourth-order valence-corrected chi connectivity index (χ4v) is 8.86. The summed E-state index contributed by atoms with van der Waals surface area (Å²) in [4.78, 5) is 15.5. The molecule has 0 radical (unpaired) electrons. The summed E-state index contributed by atoms with van der Waals surface area (Å²) in [5.74, 6) is 1.88. The smallest absolute Gasteiger partial charge is 0.163 e. The number of fused-ring (bicyclic) bond motifs is 6.